The van der Waals surface area contributed by atoms with E-state index in [1.54, 1.807) is 26.0 Å². The molecule has 2 aliphatic heterocycles. The van der Waals surface area contributed by atoms with Gasteiger partial charge in [-0.05, 0) is 64.4 Å². The summed E-state index contributed by atoms with van der Waals surface area (Å²) in [6.45, 7) is 8.37. The normalized spacial score (nSPS) is 20.0. The van der Waals surface area contributed by atoms with Gasteiger partial charge in [0, 0.05) is 18.8 Å². The van der Waals surface area contributed by atoms with Crippen LogP contribution in [0.15, 0.2) is 23.1 Å². The van der Waals surface area contributed by atoms with Gasteiger partial charge in [-0.2, -0.15) is 4.31 Å². The quantitative estimate of drug-likeness (QED) is 0.608. The molecule has 0 aromatic heterocycles. The fourth-order valence-electron chi connectivity index (χ4n) is 4.08. The van der Waals surface area contributed by atoms with Crippen LogP contribution in [0.1, 0.15) is 32.3 Å². The molecule has 2 fully saturated rings. The van der Waals surface area contributed by atoms with Crippen molar-refractivity contribution in [1.82, 2.24) is 9.21 Å². The molecule has 9 nitrogen and oxygen atoms in total. The van der Waals surface area contributed by atoms with Crippen LogP contribution in [0.2, 0.25) is 0 Å². The summed E-state index contributed by atoms with van der Waals surface area (Å²) in [4.78, 5) is 27.0. The molecule has 2 aliphatic rings. The zero-order chi connectivity index (χ0) is 23.3. The van der Waals surface area contributed by atoms with Crippen LogP contribution in [0.3, 0.4) is 0 Å². The van der Waals surface area contributed by atoms with Gasteiger partial charge in [0.15, 0.2) is 0 Å². The number of aryl methyl sites for hydroxylation is 1. The summed E-state index contributed by atoms with van der Waals surface area (Å²) in [5.74, 6) is -0.498. The number of nitrogens with one attached hydrogen (secondary N) is 1. The molecular formula is C22H33N3O6S. The molecule has 178 valence electrons. The van der Waals surface area contributed by atoms with Crippen LogP contribution in [0.25, 0.3) is 0 Å². The highest BCUT2D eigenvalue weighted by Crippen LogP contribution is 2.25. The topological polar surface area (TPSA) is 105 Å². The molecule has 0 bridgehead atoms. The number of morpholine rings is 1. The number of benzene rings is 1. The molecular weight excluding hydrogens is 434 g/mol. The molecule has 1 atom stereocenters. The Morgan fingerprint density at radius 2 is 1.84 bits per heavy atom. The maximum absolute atomic E-state index is 13.1. The maximum Gasteiger partial charge on any atom is 0.309 e. The Hall–Kier alpha value is -2.01. The highest BCUT2D eigenvalue weighted by atomic mass is 32.2. The van der Waals surface area contributed by atoms with Gasteiger partial charge in [0.25, 0.3) is 0 Å². The summed E-state index contributed by atoms with van der Waals surface area (Å²) in [6.07, 6.45) is 1.31. The number of likely N-dealkylation sites (tertiary alicyclic amines) is 1. The van der Waals surface area contributed by atoms with Crippen molar-refractivity contribution in [1.29, 1.82) is 0 Å². The number of nitrogens with zero attached hydrogens (tertiary/aromatic N) is 2. The summed E-state index contributed by atoms with van der Waals surface area (Å²) < 4.78 is 37.9. The third kappa shape index (κ3) is 5.67. The van der Waals surface area contributed by atoms with Crippen molar-refractivity contribution in [3.05, 3.63) is 23.8 Å². The van der Waals surface area contributed by atoms with Gasteiger partial charge in [0.2, 0.25) is 15.9 Å². The summed E-state index contributed by atoms with van der Waals surface area (Å²) >= 11 is 0. The second-order valence-electron chi connectivity index (χ2n) is 8.22. The van der Waals surface area contributed by atoms with Gasteiger partial charge in [0.1, 0.15) is 0 Å². The molecule has 1 N–H and O–H groups in total. The van der Waals surface area contributed by atoms with Gasteiger partial charge in [-0.25, -0.2) is 8.42 Å². The Labute approximate surface area is 190 Å². The predicted molar refractivity (Wildman–Crippen MR) is 120 cm³/mol. The van der Waals surface area contributed by atoms with Gasteiger partial charge in [-0.15, -0.1) is 0 Å². The predicted octanol–water partition coefficient (Wildman–Crippen LogP) is 1.62. The SMILES string of the molecule is CCOC(=O)C1CCN(C(C)C(=O)Nc2ccc(C)c(S(=O)(=O)N3CCOCC3)c2)CC1. The number of carbonyl (C=O) groups excluding carboxylic acids is 2. The standard InChI is InChI=1S/C22H33N3O6S/c1-4-31-22(27)18-7-9-24(10-8-18)17(3)21(26)23-19-6-5-16(2)20(15-19)32(28,29)25-11-13-30-14-12-25/h5-6,15,17-18H,4,7-14H2,1-3H3,(H,23,26). The number of carbonyl (C=O) groups is 2. The summed E-state index contributed by atoms with van der Waals surface area (Å²) in [7, 11) is -3.66. The van der Waals surface area contributed by atoms with Gasteiger partial charge in [-0.1, -0.05) is 6.07 Å². The molecule has 2 saturated heterocycles. The molecule has 1 amide bonds. The molecule has 0 aliphatic carbocycles. The third-order valence-electron chi connectivity index (χ3n) is 6.12. The number of amides is 1. The molecule has 0 radical (unpaired) electrons. The zero-order valence-electron chi connectivity index (χ0n) is 19.0. The van der Waals surface area contributed by atoms with Gasteiger partial charge < -0.3 is 14.8 Å². The Balaban J connectivity index is 1.64. The Morgan fingerprint density at radius 3 is 2.47 bits per heavy atom. The molecule has 1 aromatic carbocycles. The first-order valence-corrected chi connectivity index (χ1v) is 12.6. The smallest absolute Gasteiger partial charge is 0.309 e. The summed E-state index contributed by atoms with van der Waals surface area (Å²) in [6, 6.07) is 4.54. The monoisotopic (exact) mass is 467 g/mol. The van der Waals surface area contributed by atoms with E-state index in [9.17, 15) is 18.0 Å². The Bertz CT molecular complexity index is 922. The van der Waals surface area contributed by atoms with Crippen LogP contribution < -0.4 is 5.32 Å². The van der Waals surface area contributed by atoms with E-state index in [1.807, 2.05) is 11.8 Å². The summed E-state index contributed by atoms with van der Waals surface area (Å²) in [5, 5.41) is 2.86. The van der Waals surface area contributed by atoms with Crippen LogP contribution >= 0.6 is 0 Å². The van der Waals surface area contributed by atoms with Crippen LogP contribution in [-0.4, -0.2) is 81.5 Å². The van der Waals surface area contributed by atoms with Gasteiger partial charge in [-0.3, -0.25) is 14.5 Å². The van der Waals surface area contributed by atoms with Crippen molar-refractivity contribution in [2.45, 2.75) is 44.6 Å². The lowest BCUT2D eigenvalue weighted by Gasteiger charge is -2.34. The molecule has 32 heavy (non-hydrogen) atoms. The molecule has 1 unspecified atom stereocenters. The zero-order valence-corrected chi connectivity index (χ0v) is 19.8. The lowest BCUT2D eigenvalue weighted by molar-refractivity contribution is -0.149. The van der Waals surface area contributed by atoms with Gasteiger partial charge in [0.05, 0.1) is 36.7 Å². The number of rotatable bonds is 7. The number of sulfonamides is 1. The largest absolute Gasteiger partial charge is 0.466 e. The average Bonchev–Trinajstić information content (AvgIpc) is 2.80. The second kappa shape index (κ2) is 10.7. The van der Waals surface area contributed by atoms with E-state index < -0.39 is 16.1 Å². The molecule has 0 saturated carbocycles. The number of ether oxygens (including phenoxy) is 2. The van der Waals surface area contributed by atoms with Crippen LogP contribution in [-0.2, 0) is 29.1 Å². The fourth-order valence-corrected chi connectivity index (χ4v) is 5.74. The van der Waals surface area contributed by atoms with E-state index in [-0.39, 0.29) is 22.7 Å². The van der Waals surface area contributed by atoms with Gasteiger partial charge >= 0.3 is 5.97 Å². The highest BCUT2D eigenvalue weighted by Gasteiger charge is 2.31. The van der Waals surface area contributed by atoms with E-state index in [2.05, 4.69) is 5.32 Å². The van der Waals surface area contributed by atoms with E-state index in [0.29, 0.717) is 70.1 Å². The minimum absolute atomic E-state index is 0.119. The van der Waals surface area contributed by atoms with Crippen molar-refractivity contribution < 1.29 is 27.5 Å². The first-order chi connectivity index (χ1) is 15.2. The number of hydrogen-bond donors (Lipinski definition) is 1. The number of piperidine rings is 1. The Kier molecular flexibility index (Phi) is 8.26. The maximum atomic E-state index is 13.1. The van der Waals surface area contributed by atoms with Crippen molar-refractivity contribution in [3.63, 3.8) is 0 Å². The molecule has 0 spiro atoms. The van der Waals surface area contributed by atoms with Crippen molar-refractivity contribution in [2.75, 3.05) is 51.3 Å². The molecule has 2 heterocycles. The first-order valence-electron chi connectivity index (χ1n) is 11.1. The fraction of sp³-hybridized carbons (Fsp3) is 0.636. The lowest BCUT2D eigenvalue weighted by atomic mass is 9.96. The van der Waals surface area contributed by atoms with E-state index >= 15 is 0 Å². The number of hydrogen-bond acceptors (Lipinski definition) is 7. The van der Waals surface area contributed by atoms with Crippen molar-refractivity contribution in [2.24, 2.45) is 5.92 Å². The average molecular weight is 468 g/mol. The summed E-state index contributed by atoms with van der Waals surface area (Å²) in [5.41, 5.74) is 1.07. The third-order valence-corrected chi connectivity index (χ3v) is 8.16. The first kappa shape index (κ1) is 24.6. The van der Waals surface area contributed by atoms with E-state index in [1.165, 1.54) is 10.4 Å². The van der Waals surface area contributed by atoms with E-state index in [4.69, 9.17) is 9.47 Å². The van der Waals surface area contributed by atoms with Crippen LogP contribution in [0, 0.1) is 12.8 Å². The number of esters is 1. The minimum Gasteiger partial charge on any atom is -0.466 e. The molecule has 1 aromatic rings. The lowest BCUT2D eigenvalue weighted by Crippen LogP contribution is -2.47. The molecule has 10 heteroatoms. The number of anilines is 1. The second-order valence-corrected chi connectivity index (χ2v) is 10.1. The minimum atomic E-state index is -3.66. The van der Waals surface area contributed by atoms with Crippen LogP contribution in [0.4, 0.5) is 5.69 Å². The Morgan fingerprint density at radius 1 is 1.19 bits per heavy atom. The highest BCUT2D eigenvalue weighted by molar-refractivity contribution is 7.89. The van der Waals surface area contributed by atoms with Crippen LogP contribution in [0.5, 0.6) is 0 Å². The molecule has 3 rings (SSSR count). The van der Waals surface area contributed by atoms with Crippen molar-refractivity contribution in [3.8, 4) is 0 Å². The van der Waals surface area contributed by atoms with E-state index in [0.717, 1.165) is 0 Å². The van der Waals surface area contributed by atoms with Crippen molar-refractivity contribution >= 4 is 27.6 Å².